The Morgan fingerprint density at radius 3 is 3.17 bits per heavy atom. The molecular formula is C12H14ClN3O2. The average molecular weight is 268 g/mol. The molecule has 1 aliphatic rings. The molecule has 0 spiro atoms. The highest BCUT2D eigenvalue weighted by Crippen LogP contribution is 2.28. The number of aromatic nitrogens is 1. The van der Waals surface area contributed by atoms with Gasteiger partial charge in [0, 0.05) is 25.8 Å². The van der Waals surface area contributed by atoms with Gasteiger partial charge in [0.05, 0.1) is 11.7 Å². The van der Waals surface area contributed by atoms with E-state index in [0.29, 0.717) is 24.4 Å². The van der Waals surface area contributed by atoms with E-state index in [4.69, 9.17) is 21.6 Å². The fraction of sp³-hybridized carbons (Fsp3) is 0.500. The number of anilines is 1. The second-order valence-corrected chi connectivity index (χ2v) is 4.73. The Balaban J connectivity index is 2.09. The molecule has 1 aromatic rings. The highest BCUT2D eigenvalue weighted by Gasteiger charge is 2.39. The van der Waals surface area contributed by atoms with E-state index in [1.54, 1.807) is 6.07 Å². The summed E-state index contributed by atoms with van der Waals surface area (Å²) < 4.78 is 5.34. The Kier molecular flexibility index (Phi) is 3.71. The lowest BCUT2D eigenvalue weighted by Crippen LogP contribution is -2.43. The first kappa shape index (κ1) is 13.1. The Morgan fingerprint density at radius 2 is 2.56 bits per heavy atom. The summed E-state index contributed by atoms with van der Waals surface area (Å²) in [6.07, 6.45) is 1.84. The first-order chi connectivity index (χ1) is 8.57. The van der Waals surface area contributed by atoms with Gasteiger partial charge in [-0.3, -0.25) is 0 Å². The van der Waals surface area contributed by atoms with Gasteiger partial charge >= 0.3 is 0 Å². The van der Waals surface area contributed by atoms with Crippen LogP contribution in [0.1, 0.15) is 18.9 Å². The van der Waals surface area contributed by atoms with Crippen molar-refractivity contribution in [1.82, 2.24) is 4.98 Å². The largest absolute Gasteiger partial charge is 0.385 e. The summed E-state index contributed by atoms with van der Waals surface area (Å²) in [5.41, 5.74) is -0.565. The highest BCUT2D eigenvalue weighted by atomic mass is 35.5. The van der Waals surface area contributed by atoms with E-state index in [2.05, 4.69) is 10.3 Å². The summed E-state index contributed by atoms with van der Waals surface area (Å²) in [6, 6.07) is 3.53. The molecule has 0 bridgehead atoms. The van der Waals surface area contributed by atoms with Gasteiger partial charge in [0.25, 0.3) is 0 Å². The minimum atomic E-state index is -0.923. The molecule has 1 fully saturated rings. The second kappa shape index (κ2) is 5.11. The first-order valence-electron chi connectivity index (χ1n) is 5.69. The molecule has 18 heavy (non-hydrogen) atoms. The number of nitriles is 1. The first-order valence-corrected chi connectivity index (χ1v) is 6.07. The highest BCUT2D eigenvalue weighted by molar-refractivity contribution is 6.34. The van der Waals surface area contributed by atoms with Gasteiger partial charge in [-0.25, -0.2) is 4.98 Å². The fourth-order valence-electron chi connectivity index (χ4n) is 1.89. The van der Waals surface area contributed by atoms with Gasteiger partial charge in [0.15, 0.2) is 0 Å². The molecular weight excluding hydrogens is 254 g/mol. The van der Waals surface area contributed by atoms with Gasteiger partial charge in [-0.1, -0.05) is 11.6 Å². The third-order valence-electron chi connectivity index (χ3n) is 3.23. The summed E-state index contributed by atoms with van der Waals surface area (Å²) >= 11 is 6.02. The minimum Gasteiger partial charge on any atom is -0.385 e. The zero-order valence-electron chi connectivity index (χ0n) is 9.98. The molecule has 0 aliphatic carbocycles. The summed E-state index contributed by atoms with van der Waals surface area (Å²) in [4.78, 5) is 4.06. The normalized spacial score (nSPS) is 26.9. The number of nitrogens with zero attached hydrogens (tertiary/aromatic N) is 2. The SMILES string of the molecule is CC1OCCC1(O)CNc1nccc(C#N)c1Cl. The van der Waals surface area contributed by atoms with Crippen LogP contribution in [0.25, 0.3) is 0 Å². The predicted octanol–water partition coefficient (Wildman–Crippen LogP) is 1.56. The van der Waals surface area contributed by atoms with Crippen LogP contribution in [0.2, 0.25) is 5.02 Å². The number of hydrogen-bond donors (Lipinski definition) is 2. The van der Waals surface area contributed by atoms with Crippen molar-refractivity contribution < 1.29 is 9.84 Å². The molecule has 0 radical (unpaired) electrons. The smallest absolute Gasteiger partial charge is 0.146 e. The van der Waals surface area contributed by atoms with Gasteiger partial charge in [-0.2, -0.15) is 5.26 Å². The van der Waals surface area contributed by atoms with Crippen molar-refractivity contribution in [2.75, 3.05) is 18.5 Å². The Morgan fingerprint density at radius 1 is 1.78 bits per heavy atom. The molecule has 1 aromatic heterocycles. The standard InChI is InChI=1S/C12H14ClN3O2/c1-8-12(17,3-5-18-8)7-16-11-10(13)9(6-14)2-4-15-11/h2,4,8,17H,3,5,7H2,1H3,(H,15,16). The van der Waals surface area contributed by atoms with Crippen LogP contribution in [0.5, 0.6) is 0 Å². The number of pyridine rings is 1. The molecule has 5 nitrogen and oxygen atoms in total. The van der Waals surface area contributed by atoms with Crippen molar-refractivity contribution in [2.45, 2.75) is 25.0 Å². The number of rotatable bonds is 3. The minimum absolute atomic E-state index is 0.233. The van der Waals surface area contributed by atoms with E-state index in [9.17, 15) is 5.11 Å². The van der Waals surface area contributed by atoms with Crippen LogP contribution in [0.3, 0.4) is 0 Å². The fourth-order valence-corrected chi connectivity index (χ4v) is 2.11. The van der Waals surface area contributed by atoms with Crippen molar-refractivity contribution >= 4 is 17.4 Å². The van der Waals surface area contributed by atoms with Crippen molar-refractivity contribution in [3.63, 3.8) is 0 Å². The number of ether oxygens (including phenoxy) is 1. The van der Waals surface area contributed by atoms with Crippen LogP contribution in [0.4, 0.5) is 5.82 Å². The summed E-state index contributed by atoms with van der Waals surface area (Å²) in [5.74, 6) is 0.406. The second-order valence-electron chi connectivity index (χ2n) is 4.35. The lowest BCUT2D eigenvalue weighted by Gasteiger charge is -2.26. The van der Waals surface area contributed by atoms with Crippen LogP contribution in [0.15, 0.2) is 12.3 Å². The van der Waals surface area contributed by atoms with Gasteiger partial charge in [0.2, 0.25) is 0 Å². The van der Waals surface area contributed by atoms with E-state index >= 15 is 0 Å². The topological polar surface area (TPSA) is 78.2 Å². The zero-order chi connectivity index (χ0) is 13.2. The molecule has 0 saturated carbocycles. The van der Waals surface area contributed by atoms with Crippen molar-refractivity contribution in [2.24, 2.45) is 0 Å². The van der Waals surface area contributed by atoms with E-state index in [1.807, 2.05) is 13.0 Å². The summed E-state index contributed by atoms with van der Waals surface area (Å²) in [5, 5.41) is 22.4. The molecule has 2 rings (SSSR count). The van der Waals surface area contributed by atoms with Gasteiger partial charge in [0.1, 0.15) is 22.5 Å². The molecule has 2 N–H and O–H groups in total. The Hall–Kier alpha value is -1.35. The lowest BCUT2D eigenvalue weighted by atomic mass is 9.97. The van der Waals surface area contributed by atoms with Crippen molar-refractivity contribution in [1.29, 1.82) is 5.26 Å². The summed E-state index contributed by atoms with van der Waals surface area (Å²) in [6.45, 7) is 2.66. The Bertz CT molecular complexity index is 489. The molecule has 6 heteroatoms. The van der Waals surface area contributed by atoms with Crippen LogP contribution >= 0.6 is 11.6 Å². The van der Waals surface area contributed by atoms with Crippen molar-refractivity contribution in [3.8, 4) is 6.07 Å². The predicted molar refractivity (Wildman–Crippen MR) is 67.4 cm³/mol. The van der Waals surface area contributed by atoms with Gasteiger partial charge in [-0.05, 0) is 13.0 Å². The molecule has 1 aliphatic heterocycles. The quantitative estimate of drug-likeness (QED) is 0.869. The molecule has 1 saturated heterocycles. The number of hydrogen-bond acceptors (Lipinski definition) is 5. The molecule has 0 aromatic carbocycles. The summed E-state index contributed by atoms with van der Waals surface area (Å²) in [7, 11) is 0. The van der Waals surface area contributed by atoms with Crippen molar-refractivity contribution in [3.05, 3.63) is 22.8 Å². The van der Waals surface area contributed by atoms with Crippen LogP contribution in [0, 0.1) is 11.3 Å². The molecule has 2 atom stereocenters. The molecule has 96 valence electrons. The number of halogens is 1. The van der Waals surface area contributed by atoms with Gasteiger partial charge < -0.3 is 15.2 Å². The maximum absolute atomic E-state index is 10.3. The van der Waals surface area contributed by atoms with Gasteiger partial charge in [-0.15, -0.1) is 0 Å². The maximum Gasteiger partial charge on any atom is 0.146 e. The van der Waals surface area contributed by atoms with E-state index in [-0.39, 0.29) is 17.7 Å². The Labute approximate surface area is 110 Å². The maximum atomic E-state index is 10.3. The molecule has 2 heterocycles. The van der Waals surface area contributed by atoms with E-state index in [0.717, 1.165) is 0 Å². The van der Waals surface area contributed by atoms with E-state index < -0.39 is 5.60 Å². The van der Waals surface area contributed by atoms with Crippen LogP contribution in [-0.4, -0.2) is 34.9 Å². The van der Waals surface area contributed by atoms with Crippen LogP contribution < -0.4 is 5.32 Å². The third-order valence-corrected chi connectivity index (χ3v) is 3.61. The molecule has 0 amide bonds. The average Bonchev–Trinajstić information content (AvgIpc) is 2.69. The zero-order valence-corrected chi connectivity index (χ0v) is 10.7. The number of nitrogens with one attached hydrogen (secondary N) is 1. The van der Waals surface area contributed by atoms with E-state index in [1.165, 1.54) is 6.20 Å². The monoisotopic (exact) mass is 267 g/mol. The van der Waals surface area contributed by atoms with Crippen LogP contribution in [-0.2, 0) is 4.74 Å². The lowest BCUT2D eigenvalue weighted by molar-refractivity contribution is -0.0176. The number of aliphatic hydroxyl groups is 1. The third kappa shape index (κ3) is 2.41. The molecule has 2 unspecified atom stereocenters.